The van der Waals surface area contributed by atoms with E-state index in [1.807, 2.05) is 146 Å². The number of aromatic amines is 2. The van der Waals surface area contributed by atoms with Crippen molar-refractivity contribution in [2.45, 2.75) is 17.4 Å². The van der Waals surface area contributed by atoms with Gasteiger partial charge in [0.1, 0.15) is 45.6 Å². The molecule has 0 atom stereocenters. The maximum Gasteiger partial charge on any atom is 0.164 e. The fourth-order valence-corrected chi connectivity index (χ4v) is 18.7. The Labute approximate surface area is 556 Å². The Morgan fingerprint density at radius 2 is 0.576 bits per heavy atom. The number of rotatable bonds is 20. The van der Waals surface area contributed by atoms with E-state index < -0.39 is 0 Å². The first kappa shape index (κ1) is 57.2. The average Bonchev–Trinajstić information content (AvgIpc) is 1.63. The molecule has 2 aliphatic rings. The van der Waals surface area contributed by atoms with Crippen molar-refractivity contribution >= 4 is 177 Å². The van der Waals surface area contributed by atoms with Crippen LogP contribution in [-0.2, 0) is 0 Å². The van der Waals surface area contributed by atoms with Crippen molar-refractivity contribution in [1.82, 2.24) is 59.8 Å². The molecule has 16 nitrogen and oxygen atoms in total. The zero-order chi connectivity index (χ0) is 60.9. The minimum absolute atomic E-state index is 0.447. The van der Waals surface area contributed by atoms with Crippen molar-refractivity contribution in [2.24, 2.45) is 0 Å². The zero-order valence-electron chi connectivity index (χ0n) is 48.2. The van der Waals surface area contributed by atoms with Gasteiger partial charge in [0, 0.05) is 66.8 Å². The van der Waals surface area contributed by atoms with Crippen LogP contribution in [0.15, 0.2) is 187 Å². The lowest BCUT2D eigenvalue weighted by atomic mass is 10.1. The van der Waals surface area contributed by atoms with Crippen LogP contribution in [0.25, 0.3) is 131 Å². The van der Waals surface area contributed by atoms with Gasteiger partial charge in [0.15, 0.2) is 40.7 Å². The van der Waals surface area contributed by atoms with Gasteiger partial charge in [0.2, 0.25) is 0 Å². The second-order valence-corrected chi connectivity index (χ2v) is 30.5. The molecule has 17 rings (SSSR count). The Balaban J connectivity index is 0.755. The summed E-state index contributed by atoms with van der Waals surface area (Å²) in [4.78, 5) is 58.5. The number of H-pyrrole nitrogens is 2. The number of fused-ring (bicyclic) bond motifs is 24. The third-order valence-corrected chi connectivity index (χ3v) is 23.7. The van der Waals surface area contributed by atoms with Gasteiger partial charge in [-0.1, -0.05) is 95.6 Å². The molecule has 7 aromatic heterocycles. The standard InChI is InChI=1S/C68H46N12O4S8/c1-5-13-53-49(9-1)69-65(89-53)85-29-25-81-37-17-21-41-45(33-37)61-73-57(41)78-62-47-35-39(83-27-31-87-67-71-51-11-3-7-15-55(51)91-67)19-23-43(47)59(75-62)80-64-48-36-40(84-28-32-88-68-72-52-12-4-8-16-56(52)92-68)20-24-44(48)60(76-64)79-63-46-34-38(18-22-42(46)58(74-63)77-61)82-26-30-86-66-70-50-10-2-6-14-54(50)90-66/h1-24,33-36H,25-32H2,(H2,73,74,75,76,77,78,79,80). The molecular formula is C68H46N12O4S8. The summed E-state index contributed by atoms with van der Waals surface area (Å²) in [6.45, 7) is 1.83. The Bertz CT molecular complexity index is 5060. The number of para-hydroxylation sites is 4. The van der Waals surface area contributed by atoms with Gasteiger partial charge in [0.25, 0.3) is 0 Å². The van der Waals surface area contributed by atoms with Crippen LogP contribution < -0.4 is 18.9 Å². The molecule has 24 heteroatoms. The Hall–Kier alpha value is -8.72. The Morgan fingerprint density at radius 1 is 0.283 bits per heavy atom. The van der Waals surface area contributed by atoms with E-state index in [0.717, 1.165) is 92.6 Å². The summed E-state index contributed by atoms with van der Waals surface area (Å²) in [6, 6.07) is 56.8. The zero-order valence-corrected chi connectivity index (χ0v) is 54.7. The minimum atomic E-state index is 0.447. The summed E-state index contributed by atoms with van der Waals surface area (Å²) in [5.41, 5.74) is 9.25. The minimum Gasteiger partial charge on any atom is -0.493 e. The molecule has 8 aromatic carbocycles. The number of hydrogen-bond donors (Lipinski definition) is 2. The number of aromatic nitrogens is 12. The molecule has 0 unspecified atom stereocenters. The van der Waals surface area contributed by atoms with Crippen molar-refractivity contribution in [3.05, 3.63) is 170 Å². The van der Waals surface area contributed by atoms with Crippen LogP contribution in [-0.4, -0.2) is 109 Å². The molecule has 92 heavy (non-hydrogen) atoms. The van der Waals surface area contributed by atoms with Crippen LogP contribution >= 0.6 is 92.4 Å². The highest BCUT2D eigenvalue weighted by Crippen LogP contribution is 2.42. The molecule has 450 valence electrons. The number of ether oxygens (including phenoxy) is 4. The van der Waals surface area contributed by atoms with Gasteiger partial charge in [-0.15, -0.1) is 45.3 Å². The lowest BCUT2D eigenvalue weighted by Gasteiger charge is -2.07. The average molecular weight is 1350 g/mol. The molecule has 9 heterocycles. The van der Waals surface area contributed by atoms with Crippen molar-refractivity contribution in [2.75, 3.05) is 49.4 Å². The summed E-state index contributed by atoms with van der Waals surface area (Å²) in [5, 5.41) is 3.19. The van der Waals surface area contributed by atoms with E-state index in [4.69, 9.17) is 68.8 Å². The maximum atomic E-state index is 6.49. The third kappa shape index (κ3) is 11.7. The van der Waals surface area contributed by atoms with Gasteiger partial charge in [-0.05, 0) is 121 Å². The second-order valence-electron chi connectivity index (χ2n) is 21.0. The molecule has 0 spiro atoms. The van der Waals surface area contributed by atoms with Gasteiger partial charge in [-0.2, -0.15) is 0 Å². The fourth-order valence-electron chi connectivity index (χ4n) is 10.9. The summed E-state index contributed by atoms with van der Waals surface area (Å²) in [7, 11) is 0. The molecule has 2 N–H and O–H groups in total. The van der Waals surface area contributed by atoms with Gasteiger partial charge in [0.05, 0.1) is 67.3 Å². The molecule has 0 aliphatic carbocycles. The van der Waals surface area contributed by atoms with Gasteiger partial charge in [-0.25, -0.2) is 49.8 Å². The van der Waals surface area contributed by atoms with Gasteiger partial charge < -0.3 is 28.9 Å². The largest absolute Gasteiger partial charge is 0.493 e. The van der Waals surface area contributed by atoms with Gasteiger partial charge in [-0.3, -0.25) is 0 Å². The van der Waals surface area contributed by atoms with Gasteiger partial charge >= 0.3 is 0 Å². The van der Waals surface area contributed by atoms with E-state index >= 15 is 0 Å². The lowest BCUT2D eigenvalue weighted by molar-refractivity contribution is 0.344. The molecule has 0 amide bonds. The van der Waals surface area contributed by atoms with Crippen molar-refractivity contribution in [1.29, 1.82) is 0 Å². The summed E-state index contributed by atoms with van der Waals surface area (Å²) in [5.74, 6) is 7.36. The van der Waals surface area contributed by atoms with E-state index in [9.17, 15) is 0 Å². The number of nitrogens with one attached hydrogen (secondary N) is 2. The second kappa shape index (κ2) is 25.1. The summed E-state index contributed by atoms with van der Waals surface area (Å²) >= 11 is 13.5. The smallest absolute Gasteiger partial charge is 0.164 e. The van der Waals surface area contributed by atoms with Crippen LogP contribution in [0.4, 0.5) is 0 Å². The third-order valence-electron chi connectivity index (χ3n) is 15.1. The van der Waals surface area contributed by atoms with Crippen molar-refractivity contribution in [3.8, 4) is 68.5 Å². The first-order valence-electron chi connectivity index (χ1n) is 29.3. The molecule has 0 saturated carbocycles. The van der Waals surface area contributed by atoms with E-state index in [2.05, 4.69) is 34.2 Å². The molecule has 2 aliphatic heterocycles. The Kier molecular flexibility index (Phi) is 15.6. The molecule has 8 bridgehead atoms. The molecule has 0 saturated heterocycles. The van der Waals surface area contributed by atoms with E-state index in [0.29, 0.717) is 118 Å². The van der Waals surface area contributed by atoms with Crippen LogP contribution in [0.3, 0.4) is 0 Å². The molecule has 15 aromatic rings. The number of thiazole rings is 4. The predicted octanol–water partition coefficient (Wildman–Crippen LogP) is 18.0. The number of benzene rings is 8. The number of hydrogen-bond acceptors (Lipinski definition) is 22. The lowest BCUT2D eigenvalue weighted by Crippen LogP contribution is -2.00. The van der Waals surface area contributed by atoms with E-state index in [-0.39, 0.29) is 0 Å². The predicted molar refractivity (Wildman–Crippen MR) is 379 cm³/mol. The fraction of sp³-hybridized carbons (Fsp3) is 0.118. The van der Waals surface area contributed by atoms with Crippen molar-refractivity contribution in [3.63, 3.8) is 0 Å². The number of thioether (sulfide) groups is 4. The normalized spacial score (nSPS) is 12.0. The van der Waals surface area contributed by atoms with Crippen LogP contribution in [0.1, 0.15) is 0 Å². The van der Waals surface area contributed by atoms with Crippen LogP contribution in [0.5, 0.6) is 23.0 Å². The molecule has 0 fully saturated rings. The van der Waals surface area contributed by atoms with Crippen LogP contribution in [0, 0.1) is 0 Å². The SMILES string of the molecule is c1ccc2sc(SCCOc3ccc4c(c3)-c3nc-4nc4[nH]c(nc5nc(nc6[nH]c(n3)c3ccc(OCCSc7nc8ccccc8s7)cc63)-c3ccc(OCCSc6nc7ccccc7s6)cc3-5)c3ccc(OCCSc5nc6ccccc6s5)cc43)nc2c1. The van der Waals surface area contributed by atoms with E-state index in [1.165, 1.54) is 9.40 Å². The highest BCUT2D eigenvalue weighted by Gasteiger charge is 2.25. The number of nitrogens with zero attached hydrogens (tertiary/aromatic N) is 10. The Morgan fingerprint density at radius 3 is 0.913 bits per heavy atom. The maximum absolute atomic E-state index is 6.49. The topological polar surface area (TPSA) is 197 Å². The molecule has 0 radical (unpaired) electrons. The first-order chi connectivity index (χ1) is 45.5. The quantitative estimate of drug-likeness (QED) is 0.0539. The highest BCUT2D eigenvalue weighted by atomic mass is 32.2. The monoisotopic (exact) mass is 1350 g/mol. The van der Waals surface area contributed by atoms with E-state index in [1.54, 1.807) is 92.4 Å². The van der Waals surface area contributed by atoms with Crippen LogP contribution in [0.2, 0.25) is 0 Å². The van der Waals surface area contributed by atoms with Crippen molar-refractivity contribution < 1.29 is 18.9 Å². The highest BCUT2D eigenvalue weighted by molar-refractivity contribution is 8.02. The first-order valence-corrected chi connectivity index (χ1v) is 36.5. The molecular weight excluding hydrogens is 1310 g/mol. The summed E-state index contributed by atoms with van der Waals surface area (Å²) < 4.78 is 34.6. The summed E-state index contributed by atoms with van der Waals surface area (Å²) in [6.07, 6.45) is 0.